The number of halogens is 3. The zero-order valence-corrected chi connectivity index (χ0v) is 15.0. The van der Waals surface area contributed by atoms with Crippen LogP contribution in [0.2, 0.25) is 0 Å². The first kappa shape index (κ1) is 19.5. The number of rotatable bonds is 5. The van der Waals surface area contributed by atoms with E-state index >= 15 is 0 Å². The van der Waals surface area contributed by atoms with Gasteiger partial charge in [0, 0.05) is 30.4 Å². The molecule has 2 heterocycles. The summed E-state index contributed by atoms with van der Waals surface area (Å²) in [5.74, 6) is -1.41. The van der Waals surface area contributed by atoms with Crippen LogP contribution in [0.1, 0.15) is 19.3 Å². The lowest BCUT2D eigenvalue weighted by atomic mass is 9.95. The van der Waals surface area contributed by atoms with E-state index in [4.69, 9.17) is 17.3 Å². The smallest absolute Gasteiger partial charge is 0.420 e. The summed E-state index contributed by atoms with van der Waals surface area (Å²) in [5, 5.41) is 0. The number of primary amides is 1. The fourth-order valence-corrected chi connectivity index (χ4v) is 3.73. The van der Waals surface area contributed by atoms with Gasteiger partial charge in [0.1, 0.15) is 5.75 Å². The van der Waals surface area contributed by atoms with Gasteiger partial charge >= 0.3 is 5.57 Å². The Morgan fingerprint density at radius 2 is 1.81 bits per heavy atom. The monoisotopic (exact) mass is 402 g/mol. The first-order valence-corrected chi connectivity index (χ1v) is 8.90. The molecule has 0 unspecified atom stereocenters. The largest absolute Gasteiger partial charge is 0.487 e. The number of carbonyl (C=O) groups excluding carboxylic acids is 3. The van der Waals surface area contributed by atoms with E-state index in [1.807, 2.05) is 0 Å². The quantitative estimate of drug-likeness (QED) is 0.546. The average Bonchev–Trinajstić information content (AvgIpc) is 2.89. The van der Waals surface area contributed by atoms with E-state index in [9.17, 15) is 23.2 Å². The summed E-state index contributed by atoms with van der Waals surface area (Å²) in [6, 6.07) is 4.61. The second-order valence-electron chi connectivity index (χ2n) is 6.70. The number of amides is 3. The van der Waals surface area contributed by atoms with Gasteiger partial charge in [-0.05, 0) is 24.3 Å². The molecule has 3 amide bonds. The summed E-state index contributed by atoms with van der Waals surface area (Å²) >= 11 is 4.71. The number of nitrogens with one attached hydrogen (secondary N) is 1. The van der Waals surface area contributed by atoms with Crippen molar-refractivity contribution < 1.29 is 32.8 Å². The molecule has 0 spiro atoms. The van der Waals surface area contributed by atoms with Crippen molar-refractivity contribution in [2.45, 2.75) is 30.9 Å². The minimum Gasteiger partial charge on any atom is -0.420 e. The normalized spacial score (nSPS) is 26.3. The number of hydrogen-bond acceptors (Lipinski definition) is 4. The Bertz CT molecular complexity index is 746. The summed E-state index contributed by atoms with van der Waals surface area (Å²) in [6.07, 6.45) is 1.23. The van der Waals surface area contributed by atoms with Crippen molar-refractivity contribution in [1.82, 2.24) is 0 Å². The van der Waals surface area contributed by atoms with E-state index in [0.717, 1.165) is 9.80 Å². The number of ether oxygens (including phenoxy) is 1. The zero-order valence-electron chi connectivity index (χ0n) is 14.3. The van der Waals surface area contributed by atoms with Crippen molar-refractivity contribution in [3.8, 4) is 5.75 Å². The predicted molar refractivity (Wildman–Crippen MR) is 91.4 cm³/mol. The van der Waals surface area contributed by atoms with Gasteiger partial charge in [-0.25, -0.2) is 4.90 Å². The van der Waals surface area contributed by atoms with E-state index in [0.29, 0.717) is 25.9 Å². The molecule has 146 valence electrons. The maximum absolute atomic E-state index is 12.8. The van der Waals surface area contributed by atoms with Crippen molar-refractivity contribution in [2.75, 3.05) is 18.0 Å². The highest BCUT2D eigenvalue weighted by atomic mass is 35.5. The van der Waals surface area contributed by atoms with Crippen LogP contribution in [-0.2, 0) is 14.4 Å². The first-order valence-electron chi connectivity index (χ1n) is 8.52. The number of nitrogens with two attached hydrogens (primary N) is 1. The fraction of sp³-hybridized carbons (Fsp3) is 0.471. The number of piperidine rings is 1. The summed E-state index contributed by atoms with van der Waals surface area (Å²) in [5.41, 5.74) is 1.76. The lowest BCUT2D eigenvalue weighted by Crippen LogP contribution is -3.17. The Morgan fingerprint density at radius 3 is 2.33 bits per heavy atom. The zero-order chi connectivity index (χ0) is 19.8. The highest BCUT2D eigenvalue weighted by Crippen LogP contribution is 2.28. The minimum atomic E-state index is -3.84. The lowest BCUT2D eigenvalue weighted by molar-refractivity contribution is -0.920. The number of benzene rings is 1. The molecule has 1 aromatic carbocycles. The van der Waals surface area contributed by atoms with Crippen molar-refractivity contribution in [1.29, 1.82) is 0 Å². The van der Waals surface area contributed by atoms with Gasteiger partial charge in [-0.2, -0.15) is 0 Å². The number of likely N-dealkylation sites (tertiary alicyclic amines) is 1. The second kappa shape index (κ2) is 7.40. The molecular weight excluding hydrogens is 384 g/mol. The van der Waals surface area contributed by atoms with Crippen molar-refractivity contribution in [2.24, 2.45) is 11.7 Å². The molecule has 2 aliphatic rings. The van der Waals surface area contributed by atoms with Crippen LogP contribution in [-0.4, -0.2) is 42.4 Å². The van der Waals surface area contributed by atoms with Gasteiger partial charge in [0.25, 0.3) is 5.91 Å². The van der Waals surface area contributed by atoms with Gasteiger partial charge in [0.05, 0.1) is 25.2 Å². The van der Waals surface area contributed by atoms with E-state index in [1.165, 1.54) is 24.3 Å². The van der Waals surface area contributed by atoms with Gasteiger partial charge in [0.2, 0.25) is 11.8 Å². The van der Waals surface area contributed by atoms with Crippen LogP contribution in [0.25, 0.3) is 0 Å². The SMILES string of the molecule is NC(=O)C1CC[NH+]([C@@H]2CC(=O)N(c3ccc(OC(F)(F)Cl)cc3)C2=O)CC1. The van der Waals surface area contributed by atoms with Crippen LogP contribution < -0.4 is 20.3 Å². The fourth-order valence-electron chi connectivity index (χ4n) is 3.64. The van der Waals surface area contributed by atoms with Gasteiger partial charge in [-0.1, -0.05) is 0 Å². The topological polar surface area (TPSA) is 94.1 Å². The third-order valence-corrected chi connectivity index (χ3v) is 5.08. The number of hydrogen-bond donors (Lipinski definition) is 2. The summed E-state index contributed by atoms with van der Waals surface area (Å²) in [6.45, 7) is 1.17. The highest BCUT2D eigenvalue weighted by Gasteiger charge is 2.46. The number of nitrogens with zero attached hydrogens (tertiary/aromatic N) is 1. The molecule has 3 rings (SSSR count). The minimum absolute atomic E-state index is 0.0629. The van der Waals surface area contributed by atoms with Crippen molar-refractivity contribution in [3.63, 3.8) is 0 Å². The first-order chi connectivity index (χ1) is 12.7. The van der Waals surface area contributed by atoms with Gasteiger partial charge in [0.15, 0.2) is 6.04 Å². The molecule has 1 atom stereocenters. The van der Waals surface area contributed by atoms with Crippen molar-refractivity contribution >= 4 is 35.0 Å². The van der Waals surface area contributed by atoms with E-state index in [-0.39, 0.29) is 41.5 Å². The van der Waals surface area contributed by atoms with Gasteiger partial charge < -0.3 is 15.4 Å². The van der Waals surface area contributed by atoms with Crippen LogP contribution in [0.3, 0.4) is 0 Å². The van der Waals surface area contributed by atoms with E-state index in [1.54, 1.807) is 0 Å². The molecule has 0 aliphatic carbocycles. The summed E-state index contributed by atoms with van der Waals surface area (Å²) in [7, 11) is 0. The number of carbonyl (C=O) groups is 3. The molecular formula is C17H19ClF2N3O4+. The van der Waals surface area contributed by atoms with Gasteiger partial charge in [-0.15, -0.1) is 8.78 Å². The highest BCUT2D eigenvalue weighted by molar-refractivity contribution is 6.22. The summed E-state index contributed by atoms with van der Waals surface area (Å²) < 4.78 is 29.5. The molecule has 1 aromatic rings. The summed E-state index contributed by atoms with van der Waals surface area (Å²) in [4.78, 5) is 38.4. The Labute approximate surface area is 159 Å². The van der Waals surface area contributed by atoms with Crippen LogP contribution in [0.5, 0.6) is 5.75 Å². The number of imide groups is 1. The maximum atomic E-state index is 12.8. The van der Waals surface area contributed by atoms with Crippen LogP contribution in [0.15, 0.2) is 24.3 Å². The van der Waals surface area contributed by atoms with E-state index in [2.05, 4.69) is 4.74 Å². The molecule has 0 bridgehead atoms. The molecule has 0 aromatic heterocycles. The van der Waals surface area contributed by atoms with Gasteiger partial charge in [-0.3, -0.25) is 14.4 Å². The third-order valence-electron chi connectivity index (χ3n) is 5.00. The molecule has 10 heteroatoms. The lowest BCUT2D eigenvalue weighted by Gasteiger charge is -2.30. The van der Waals surface area contributed by atoms with Crippen LogP contribution in [0.4, 0.5) is 14.5 Å². The standard InChI is InChI=1S/C17H18ClF2N3O4/c18-17(19,20)27-12-3-1-11(2-4-12)23-14(24)9-13(16(23)26)22-7-5-10(6-8-22)15(21)25/h1-4,10,13H,5-9H2,(H2,21,25)/p+1/t13-/m1/s1. The van der Waals surface area contributed by atoms with Crippen LogP contribution in [0, 0.1) is 5.92 Å². The second-order valence-corrected chi connectivity index (χ2v) is 7.14. The molecule has 2 fully saturated rings. The van der Waals surface area contributed by atoms with Crippen LogP contribution >= 0.6 is 11.6 Å². The molecule has 0 saturated carbocycles. The maximum Gasteiger partial charge on any atom is 0.487 e. The number of quaternary nitrogens is 1. The Balaban J connectivity index is 1.68. The molecule has 2 aliphatic heterocycles. The Hall–Kier alpha value is -2.26. The molecule has 2 saturated heterocycles. The Kier molecular flexibility index (Phi) is 5.34. The molecule has 0 radical (unpaired) electrons. The average molecular weight is 403 g/mol. The van der Waals surface area contributed by atoms with E-state index < -0.39 is 11.6 Å². The molecule has 7 nitrogen and oxygen atoms in total. The predicted octanol–water partition coefficient (Wildman–Crippen LogP) is 0.267. The molecule has 27 heavy (non-hydrogen) atoms. The molecule has 3 N–H and O–H groups in total. The number of alkyl halides is 3. The number of anilines is 1. The van der Waals surface area contributed by atoms with Crippen molar-refractivity contribution in [3.05, 3.63) is 24.3 Å². The third kappa shape index (κ3) is 4.36. The Morgan fingerprint density at radius 1 is 1.22 bits per heavy atom.